The zero-order chi connectivity index (χ0) is 13.1. The van der Waals surface area contributed by atoms with Crippen molar-refractivity contribution in [2.75, 3.05) is 13.2 Å². The Morgan fingerprint density at radius 2 is 2.11 bits per heavy atom. The molecule has 1 heterocycles. The smallest absolute Gasteiger partial charge is 0.175 e. The highest BCUT2D eigenvalue weighted by molar-refractivity contribution is 9.10. The molecular weight excluding hydrogens is 296 g/mol. The third-order valence-electron chi connectivity index (χ3n) is 3.01. The molecule has 0 saturated heterocycles. The third-order valence-corrected chi connectivity index (χ3v) is 3.79. The summed E-state index contributed by atoms with van der Waals surface area (Å²) in [6.07, 6.45) is 2.23. The van der Waals surface area contributed by atoms with E-state index in [1.807, 2.05) is 6.07 Å². The van der Waals surface area contributed by atoms with Crippen LogP contribution in [-0.2, 0) is 11.2 Å². The second-order valence-electron chi connectivity index (χ2n) is 4.65. The number of hydrogen-bond donors (Lipinski definition) is 0. The van der Waals surface area contributed by atoms with Crippen LogP contribution in [0.2, 0.25) is 0 Å². The molecule has 1 aromatic rings. The molecule has 0 radical (unpaired) electrons. The van der Waals surface area contributed by atoms with Crippen LogP contribution in [0.15, 0.2) is 10.5 Å². The van der Waals surface area contributed by atoms with Crippen LogP contribution in [0.1, 0.15) is 37.3 Å². The number of hydrogen-bond acceptors (Lipinski definition) is 3. The lowest BCUT2D eigenvalue weighted by Gasteiger charge is -2.24. The molecular formula is C14H17BrO3. The Balaban J connectivity index is 2.49. The van der Waals surface area contributed by atoms with Crippen LogP contribution < -0.4 is 9.47 Å². The molecule has 0 N–H and O–H groups in total. The van der Waals surface area contributed by atoms with E-state index in [4.69, 9.17) is 9.47 Å². The lowest BCUT2D eigenvalue weighted by atomic mass is 9.93. The monoisotopic (exact) mass is 312 g/mol. The molecule has 18 heavy (non-hydrogen) atoms. The lowest BCUT2D eigenvalue weighted by molar-refractivity contribution is -0.107. The maximum atomic E-state index is 10.6. The second-order valence-corrected chi connectivity index (χ2v) is 5.44. The molecule has 0 spiro atoms. The molecule has 1 aliphatic heterocycles. The minimum absolute atomic E-state index is 0.372. The van der Waals surface area contributed by atoms with E-state index >= 15 is 0 Å². The Labute approximate surface area is 116 Å². The number of fused-ring (bicyclic) bond motifs is 1. The Morgan fingerprint density at radius 1 is 1.39 bits per heavy atom. The molecule has 2 rings (SSSR count). The predicted octanol–water partition coefficient (Wildman–Crippen LogP) is 3.48. The topological polar surface area (TPSA) is 35.5 Å². The first-order valence-corrected chi connectivity index (χ1v) is 6.99. The van der Waals surface area contributed by atoms with Crippen LogP contribution in [0.4, 0.5) is 0 Å². The molecule has 0 bridgehead atoms. The summed E-state index contributed by atoms with van der Waals surface area (Å²) in [4.78, 5) is 10.6. The lowest BCUT2D eigenvalue weighted by Crippen LogP contribution is -2.17. The van der Waals surface area contributed by atoms with Gasteiger partial charge in [-0.05, 0) is 45.5 Å². The van der Waals surface area contributed by atoms with Crippen molar-refractivity contribution in [1.29, 1.82) is 0 Å². The van der Waals surface area contributed by atoms with Gasteiger partial charge in [0.15, 0.2) is 11.5 Å². The zero-order valence-corrected chi connectivity index (χ0v) is 12.2. The Bertz CT molecular complexity index is 455. The van der Waals surface area contributed by atoms with Crippen molar-refractivity contribution in [1.82, 2.24) is 0 Å². The first-order valence-electron chi connectivity index (χ1n) is 6.19. The molecule has 98 valence electrons. The van der Waals surface area contributed by atoms with Gasteiger partial charge in [0.05, 0.1) is 4.47 Å². The van der Waals surface area contributed by atoms with Gasteiger partial charge < -0.3 is 14.3 Å². The summed E-state index contributed by atoms with van der Waals surface area (Å²) < 4.78 is 12.2. The molecule has 0 unspecified atom stereocenters. The van der Waals surface area contributed by atoms with Crippen molar-refractivity contribution in [3.05, 3.63) is 21.7 Å². The van der Waals surface area contributed by atoms with Gasteiger partial charge in [0.25, 0.3) is 0 Å². The summed E-state index contributed by atoms with van der Waals surface area (Å²) in [5.41, 5.74) is 2.37. The number of aldehydes is 1. The maximum absolute atomic E-state index is 10.6. The summed E-state index contributed by atoms with van der Waals surface area (Å²) in [7, 11) is 0. The van der Waals surface area contributed by atoms with E-state index in [0.717, 1.165) is 34.2 Å². The molecule has 1 aromatic carbocycles. The highest BCUT2D eigenvalue weighted by Gasteiger charge is 2.22. The van der Waals surface area contributed by atoms with Gasteiger partial charge in [-0.15, -0.1) is 0 Å². The summed E-state index contributed by atoms with van der Waals surface area (Å²) in [6, 6.07) is 2.01. The van der Waals surface area contributed by atoms with Crippen LogP contribution in [0.3, 0.4) is 0 Å². The van der Waals surface area contributed by atoms with E-state index in [9.17, 15) is 4.79 Å². The van der Waals surface area contributed by atoms with Gasteiger partial charge in [0.2, 0.25) is 0 Å². The molecule has 0 amide bonds. The van der Waals surface area contributed by atoms with E-state index in [1.54, 1.807) is 0 Å². The van der Waals surface area contributed by atoms with Gasteiger partial charge in [0.1, 0.15) is 19.5 Å². The fraction of sp³-hybridized carbons (Fsp3) is 0.500. The summed E-state index contributed by atoms with van der Waals surface area (Å²) in [5, 5.41) is 0. The van der Waals surface area contributed by atoms with Crippen LogP contribution in [0.5, 0.6) is 11.5 Å². The number of halogens is 1. The quantitative estimate of drug-likeness (QED) is 0.799. The van der Waals surface area contributed by atoms with Gasteiger partial charge in [-0.2, -0.15) is 0 Å². The number of benzene rings is 1. The average molecular weight is 313 g/mol. The highest BCUT2D eigenvalue weighted by atomic mass is 79.9. The first kappa shape index (κ1) is 13.4. The fourth-order valence-corrected chi connectivity index (χ4v) is 3.28. The van der Waals surface area contributed by atoms with Crippen molar-refractivity contribution in [2.24, 2.45) is 0 Å². The summed E-state index contributed by atoms with van der Waals surface area (Å²) in [6.45, 7) is 5.44. The Hall–Kier alpha value is -1.03. The van der Waals surface area contributed by atoms with Crippen LogP contribution >= 0.6 is 15.9 Å². The number of carbonyl (C=O) groups excluding carboxylic acids is 1. The molecule has 0 atom stereocenters. The summed E-state index contributed by atoms with van der Waals surface area (Å²) in [5.74, 6) is 1.94. The van der Waals surface area contributed by atoms with Gasteiger partial charge in [0, 0.05) is 6.42 Å². The average Bonchev–Trinajstić information content (AvgIpc) is 2.36. The molecule has 3 nitrogen and oxygen atoms in total. The number of carbonyl (C=O) groups is 1. The van der Waals surface area contributed by atoms with Crippen molar-refractivity contribution < 1.29 is 14.3 Å². The number of aryl methyl sites for hydroxylation is 1. The van der Waals surface area contributed by atoms with Crippen molar-refractivity contribution in [3.8, 4) is 11.5 Å². The van der Waals surface area contributed by atoms with E-state index in [2.05, 4.69) is 29.8 Å². The largest absolute Gasteiger partial charge is 0.486 e. The van der Waals surface area contributed by atoms with Crippen LogP contribution in [0.25, 0.3) is 0 Å². The first-order chi connectivity index (χ1) is 8.65. The third kappa shape index (κ3) is 2.53. The van der Waals surface area contributed by atoms with Gasteiger partial charge in [-0.3, -0.25) is 0 Å². The fourth-order valence-electron chi connectivity index (χ4n) is 2.26. The number of ether oxygens (including phenoxy) is 2. The maximum Gasteiger partial charge on any atom is 0.175 e. The van der Waals surface area contributed by atoms with E-state index in [0.29, 0.717) is 25.6 Å². The van der Waals surface area contributed by atoms with E-state index in [-0.39, 0.29) is 0 Å². The molecule has 0 fully saturated rings. The van der Waals surface area contributed by atoms with Gasteiger partial charge in [-0.25, -0.2) is 0 Å². The van der Waals surface area contributed by atoms with Gasteiger partial charge in [-0.1, -0.05) is 13.8 Å². The minimum atomic E-state index is 0.372. The SMILES string of the molecule is CC(C)c1c(CCC=O)cc2c(c1Br)OCCO2. The van der Waals surface area contributed by atoms with Crippen molar-refractivity contribution in [2.45, 2.75) is 32.6 Å². The van der Waals surface area contributed by atoms with E-state index < -0.39 is 0 Å². The minimum Gasteiger partial charge on any atom is -0.486 e. The van der Waals surface area contributed by atoms with Crippen LogP contribution in [0, 0.1) is 0 Å². The zero-order valence-electron chi connectivity index (χ0n) is 10.7. The Kier molecular flexibility index (Phi) is 4.27. The van der Waals surface area contributed by atoms with Gasteiger partial charge >= 0.3 is 0 Å². The highest BCUT2D eigenvalue weighted by Crippen LogP contribution is 2.44. The normalized spacial score (nSPS) is 13.8. The number of rotatable bonds is 4. The van der Waals surface area contributed by atoms with E-state index in [1.165, 1.54) is 5.56 Å². The molecule has 0 saturated carbocycles. The molecule has 0 aliphatic carbocycles. The molecule has 1 aliphatic rings. The molecule has 4 heteroatoms. The molecule has 0 aromatic heterocycles. The second kappa shape index (κ2) is 5.74. The van der Waals surface area contributed by atoms with Crippen LogP contribution in [-0.4, -0.2) is 19.5 Å². The standard InChI is InChI=1S/C14H17BrO3/c1-9(2)12-10(4-3-5-16)8-11-14(13(12)15)18-7-6-17-11/h5,8-9H,3-4,6-7H2,1-2H3. The predicted molar refractivity (Wildman–Crippen MR) is 73.6 cm³/mol. The Morgan fingerprint density at radius 3 is 2.78 bits per heavy atom. The van der Waals surface area contributed by atoms with Crippen molar-refractivity contribution in [3.63, 3.8) is 0 Å². The summed E-state index contributed by atoms with van der Waals surface area (Å²) >= 11 is 3.62. The van der Waals surface area contributed by atoms with Crippen molar-refractivity contribution >= 4 is 22.2 Å².